The lowest BCUT2D eigenvalue weighted by molar-refractivity contribution is -0.167. The molecule has 0 bridgehead atoms. The van der Waals surface area contributed by atoms with E-state index in [-0.39, 0.29) is 31.1 Å². The predicted octanol–water partition coefficient (Wildman–Crippen LogP) is 18.2. The largest absolute Gasteiger partial charge is 0.462 e. The van der Waals surface area contributed by atoms with Crippen molar-refractivity contribution < 1.29 is 28.6 Å². The lowest BCUT2D eigenvalue weighted by Gasteiger charge is -2.18. The fraction of sp³-hybridized carbons (Fsp3) is 0.746. The maximum absolute atomic E-state index is 12.8. The van der Waals surface area contributed by atoms with Crippen molar-refractivity contribution in [3.63, 3.8) is 0 Å². The SMILES string of the molecule is CC/C=C\C/C=C\CCCCCCCC(=O)OCC(COC(=O)CCCCCCCCCCCC/C=C\C=C/CCCCC)OC(=O)CCCCC/C=C\C=C/CCCCCCCCC. The van der Waals surface area contributed by atoms with Crippen LogP contribution < -0.4 is 0 Å². The Balaban J connectivity index is 4.40. The molecule has 0 rings (SSSR count). The highest BCUT2D eigenvalue weighted by Crippen LogP contribution is 2.15. The Kier molecular flexibility index (Phi) is 50.9. The third-order valence-corrected chi connectivity index (χ3v) is 11.7. The fourth-order valence-corrected chi connectivity index (χ4v) is 7.58. The number of hydrogen-bond acceptors (Lipinski definition) is 6. The average Bonchev–Trinajstić information content (AvgIpc) is 3.30. The Bertz CT molecular complexity index is 1230. The van der Waals surface area contributed by atoms with Crippen molar-refractivity contribution in [3.05, 3.63) is 72.9 Å². The smallest absolute Gasteiger partial charge is 0.306 e. The molecule has 0 N–H and O–H groups in total. The zero-order valence-corrected chi connectivity index (χ0v) is 42.7. The van der Waals surface area contributed by atoms with Crippen molar-refractivity contribution in [1.29, 1.82) is 0 Å². The van der Waals surface area contributed by atoms with E-state index in [0.717, 1.165) is 103 Å². The first kappa shape index (κ1) is 61.9. The summed E-state index contributed by atoms with van der Waals surface area (Å²) < 4.78 is 16.8. The standard InChI is InChI=1S/C59H102O6/c1-4-7-10-13-16-19-22-25-27-29-30-31-33-34-37-40-43-46-49-52-58(61)64-55-56(54-63-57(60)51-48-45-42-39-36-24-21-18-15-12-9-6-3)65-59(62)53-50-47-44-41-38-35-32-28-26-23-20-17-14-11-8-5-2/h9,12,16,18-19,21-22,25,28,32,35,38,56H,4-8,10-11,13-15,17,20,23-24,26-27,29-31,33-34,36-37,39-55H2,1-3H3/b12-9-,19-16-,21-18-,25-22-,32-28-,38-35-. The summed E-state index contributed by atoms with van der Waals surface area (Å²) in [6.45, 7) is 6.47. The van der Waals surface area contributed by atoms with Gasteiger partial charge in [0.2, 0.25) is 0 Å². The van der Waals surface area contributed by atoms with Gasteiger partial charge in [-0.05, 0) is 96.3 Å². The second-order valence-corrected chi connectivity index (χ2v) is 18.2. The quantitative estimate of drug-likeness (QED) is 0.0199. The molecular formula is C59H102O6. The molecule has 1 unspecified atom stereocenters. The Morgan fingerprint density at radius 3 is 1.06 bits per heavy atom. The third-order valence-electron chi connectivity index (χ3n) is 11.7. The van der Waals surface area contributed by atoms with E-state index in [1.165, 1.54) is 122 Å². The second-order valence-electron chi connectivity index (χ2n) is 18.2. The first-order valence-electron chi connectivity index (χ1n) is 27.5. The Hall–Kier alpha value is -3.15. The van der Waals surface area contributed by atoms with Crippen LogP contribution in [0.1, 0.15) is 265 Å². The van der Waals surface area contributed by atoms with Crippen LogP contribution in [0.15, 0.2) is 72.9 Å². The lowest BCUT2D eigenvalue weighted by Crippen LogP contribution is -2.30. The number of unbranched alkanes of at least 4 members (excludes halogenated alkanes) is 28. The van der Waals surface area contributed by atoms with Gasteiger partial charge in [0.05, 0.1) is 0 Å². The topological polar surface area (TPSA) is 78.9 Å². The van der Waals surface area contributed by atoms with Gasteiger partial charge in [-0.2, -0.15) is 0 Å². The van der Waals surface area contributed by atoms with E-state index in [4.69, 9.17) is 14.2 Å². The van der Waals surface area contributed by atoms with Gasteiger partial charge in [0.1, 0.15) is 13.2 Å². The number of carbonyl (C=O) groups excluding carboxylic acids is 3. The number of rotatable bonds is 49. The minimum absolute atomic E-state index is 0.0923. The molecule has 6 heteroatoms. The van der Waals surface area contributed by atoms with Gasteiger partial charge in [0, 0.05) is 19.3 Å². The summed E-state index contributed by atoms with van der Waals surface area (Å²) in [5.74, 6) is -0.933. The molecule has 0 aliphatic heterocycles. The van der Waals surface area contributed by atoms with Gasteiger partial charge in [-0.25, -0.2) is 0 Å². The fourth-order valence-electron chi connectivity index (χ4n) is 7.58. The Morgan fingerprint density at radius 2 is 0.646 bits per heavy atom. The van der Waals surface area contributed by atoms with Crippen LogP contribution in [0.4, 0.5) is 0 Å². The Morgan fingerprint density at radius 1 is 0.338 bits per heavy atom. The second kappa shape index (κ2) is 53.5. The summed E-state index contributed by atoms with van der Waals surface area (Å²) in [7, 11) is 0. The third kappa shape index (κ3) is 51.7. The van der Waals surface area contributed by atoms with Crippen LogP contribution in [0, 0.1) is 0 Å². The molecule has 0 amide bonds. The van der Waals surface area contributed by atoms with Crippen LogP contribution in [-0.2, 0) is 28.6 Å². The van der Waals surface area contributed by atoms with Gasteiger partial charge >= 0.3 is 17.9 Å². The molecule has 0 spiro atoms. The number of ether oxygens (including phenoxy) is 3. The molecule has 374 valence electrons. The molecule has 0 heterocycles. The molecule has 0 aromatic carbocycles. The van der Waals surface area contributed by atoms with Crippen molar-refractivity contribution in [1.82, 2.24) is 0 Å². The number of hydrogen-bond donors (Lipinski definition) is 0. The van der Waals surface area contributed by atoms with Crippen molar-refractivity contribution in [2.24, 2.45) is 0 Å². The zero-order chi connectivity index (χ0) is 47.2. The van der Waals surface area contributed by atoms with E-state index in [1.807, 2.05) is 0 Å². The van der Waals surface area contributed by atoms with Crippen LogP contribution in [0.3, 0.4) is 0 Å². The minimum atomic E-state index is -0.796. The van der Waals surface area contributed by atoms with Crippen molar-refractivity contribution >= 4 is 17.9 Å². The van der Waals surface area contributed by atoms with E-state index in [2.05, 4.69) is 93.7 Å². The van der Waals surface area contributed by atoms with Crippen LogP contribution in [-0.4, -0.2) is 37.2 Å². The Labute approximate surface area is 402 Å². The van der Waals surface area contributed by atoms with E-state index in [0.29, 0.717) is 19.3 Å². The van der Waals surface area contributed by atoms with Gasteiger partial charge in [-0.1, -0.05) is 222 Å². The molecule has 0 fully saturated rings. The number of carbonyl (C=O) groups is 3. The zero-order valence-electron chi connectivity index (χ0n) is 42.7. The summed E-state index contributed by atoms with van der Waals surface area (Å²) in [6, 6.07) is 0. The lowest BCUT2D eigenvalue weighted by atomic mass is 10.1. The van der Waals surface area contributed by atoms with Gasteiger partial charge in [-0.15, -0.1) is 0 Å². The van der Waals surface area contributed by atoms with Crippen LogP contribution in [0.25, 0.3) is 0 Å². The molecule has 0 aromatic heterocycles. The highest BCUT2D eigenvalue weighted by Gasteiger charge is 2.19. The molecule has 0 aromatic rings. The maximum atomic E-state index is 12.8. The van der Waals surface area contributed by atoms with Crippen LogP contribution in [0.5, 0.6) is 0 Å². The van der Waals surface area contributed by atoms with E-state index in [9.17, 15) is 14.4 Å². The molecule has 0 radical (unpaired) electrons. The van der Waals surface area contributed by atoms with Gasteiger partial charge in [0.25, 0.3) is 0 Å². The highest BCUT2D eigenvalue weighted by molar-refractivity contribution is 5.71. The minimum Gasteiger partial charge on any atom is -0.462 e. The molecule has 65 heavy (non-hydrogen) atoms. The summed E-state index contributed by atoms with van der Waals surface area (Å²) in [6.07, 6.45) is 67.5. The molecule has 1 atom stereocenters. The van der Waals surface area contributed by atoms with Crippen LogP contribution in [0.2, 0.25) is 0 Å². The van der Waals surface area contributed by atoms with E-state index < -0.39 is 6.10 Å². The summed E-state index contributed by atoms with van der Waals surface area (Å²) in [5.41, 5.74) is 0. The average molecular weight is 907 g/mol. The van der Waals surface area contributed by atoms with Crippen LogP contribution >= 0.6 is 0 Å². The predicted molar refractivity (Wildman–Crippen MR) is 279 cm³/mol. The summed E-state index contributed by atoms with van der Waals surface area (Å²) >= 11 is 0. The first-order chi connectivity index (χ1) is 32.0. The van der Waals surface area contributed by atoms with E-state index in [1.54, 1.807) is 0 Å². The normalized spacial score (nSPS) is 12.6. The molecule has 0 aliphatic carbocycles. The summed E-state index contributed by atoms with van der Waals surface area (Å²) in [5, 5.41) is 0. The summed E-state index contributed by atoms with van der Waals surface area (Å²) in [4.78, 5) is 38.0. The van der Waals surface area contributed by atoms with Crippen molar-refractivity contribution in [3.8, 4) is 0 Å². The van der Waals surface area contributed by atoms with Gasteiger partial charge in [-0.3, -0.25) is 14.4 Å². The van der Waals surface area contributed by atoms with Gasteiger partial charge in [0.15, 0.2) is 6.10 Å². The van der Waals surface area contributed by atoms with Gasteiger partial charge < -0.3 is 14.2 Å². The van der Waals surface area contributed by atoms with Crippen molar-refractivity contribution in [2.75, 3.05) is 13.2 Å². The van der Waals surface area contributed by atoms with Crippen molar-refractivity contribution in [2.45, 2.75) is 271 Å². The molecule has 0 saturated heterocycles. The molecular weight excluding hydrogens is 805 g/mol. The monoisotopic (exact) mass is 907 g/mol. The first-order valence-corrected chi connectivity index (χ1v) is 27.5. The molecule has 0 aliphatic rings. The van der Waals surface area contributed by atoms with E-state index >= 15 is 0 Å². The number of esters is 3. The molecule has 6 nitrogen and oxygen atoms in total. The highest BCUT2D eigenvalue weighted by atomic mass is 16.6. The maximum Gasteiger partial charge on any atom is 0.306 e. The number of allylic oxidation sites excluding steroid dienone is 12. The molecule has 0 saturated carbocycles.